The van der Waals surface area contributed by atoms with Gasteiger partial charge in [-0.3, -0.25) is 9.59 Å². The van der Waals surface area contributed by atoms with Crippen LogP contribution in [0.4, 0.5) is 14.7 Å². The first-order valence-electron chi connectivity index (χ1n) is 10.4. The van der Waals surface area contributed by atoms with Crippen LogP contribution in [0, 0.1) is 11.6 Å². The Labute approximate surface area is 191 Å². The van der Waals surface area contributed by atoms with Gasteiger partial charge in [-0.2, -0.15) is 0 Å². The molecule has 9 nitrogen and oxygen atoms in total. The van der Waals surface area contributed by atoms with Gasteiger partial charge in [0, 0.05) is 60.0 Å². The SMILES string of the molecule is NC(=O)c1ccc(F)c(C(=O)c2c[nH]c3ncc(-c4cnc(N5CCOCC5)nc4)cc23)c1F. The van der Waals surface area contributed by atoms with Crippen molar-refractivity contribution in [3.63, 3.8) is 0 Å². The van der Waals surface area contributed by atoms with Crippen molar-refractivity contribution in [3.05, 3.63) is 71.3 Å². The zero-order valence-corrected chi connectivity index (χ0v) is 17.7. The van der Waals surface area contributed by atoms with E-state index in [0.717, 1.165) is 12.1 Å². The zero-order valence-electron chi connectivity index (χ0n) is 17.7. The lowest BCUT2D eigenvalue weighted by atomic mass is 9.98. The Balaban J connectivity index is 1.51. The number of benzene rings is 1. The van der Waals surface area contributed by atoms with Crippen LogP contribution in [0.2, 0.25) is 0 Å². The summed E-state index contributed by atoms with van der Waals surface area (Å²) in [5.74, 6) is -3.86. The molecule has 1 aromatic carbocycles. The summed E-state index contributed by atoms with van der Waals surface area (Å²) >= 11 is 0. The van der Waals surface area contributed by atoms with Gasteiger partial charge < -0.3 is 20.4 Å². The maximum atomic E-state index is 14.7. The highest BCUT2D eigenvalue weighted by Crippen LogP contribution is 2.28. The quantitative estimate of drug-likeness (QED) is 0.435. The standard InChI is InChI=1S/C23H18F2N6O3/c24-17-2-1-14(21(26)33)19(25)18(17)20(32)16-11-28-22-15(16)7-12(8-27-22)13-9-29-23(30-10-13)31-3-5-34-6-4-31/h1-2,7-11H,3-6H2,(H2,26,33)(H,27,28). The summed E-state index contributed by atoms with van der Waals surface area (Å²) in [6.45, 7) is 2.62. The maximum Gasteiger partial charge on any atom is 0.251 e. The molecular formula is C23H18F2N6O3. The van der Waals surface area contributed by atoms with E-state index in [-0.39, 0.29) is 5.56 Å². The molecule has 0 saturated carbocycles. The molecule has 5 rings (SSSR count). The number of carbonyl (C=O) groups excluding carboxylic acids is 2. The van der Waals surface area contributed by atoms with E-state index in [0.29, 0.717) is 54.4 Å². The number of primary amides is 1. The van der Waals surface area contributed by atoms with Crippen LogP contribution in [0.15, 0.2) is 43.0 Å². The number of amides is 1. The number of ketones is 1. The number of carbonyl (C=O) groups is 2. The number of fused-ring (bicyclic) bond motifs is 1. The summed E-state index contributed by atoms with van der Waals surface area (Å²) in [6.07, 6.45) is 6.18. The van der Waals surface area contributed by atoms with Crippen molar-refractivity contribution in [2.75, 3.05) is 31.2 Å². The van der Waals surface area contributed by atoms with Crippen molar-refractivity contribution in [2.45, 2.75) is 0 Å². The third-order valence-corrected chi connectivity index (χ3v) is 5.62. The highest BCUT2D eigenvalue weighted by molar-refractivity contribution is 6.17. The summed E-state index contributed by atoms with van der Waals surface area (Å²) in [7, 11) is 0. The smallest absolute Gasteiger partial charge is 0.251 e. The molecule has 0 atom stereocenters. The Kier molecular flexibility index (Phi) is 5.46. The lowest BCUT2D eigenvalue weighted by Gasteiger charge is -2.26. The second kappa shape index (κ2) is 8.60. The van der Waals surface area contributed by atoms with Crippen LogP contribution in [-0.2, 0) is 4.74 Å². The van der Waals surface area contributed by atoms with E-state index in [1.807, 2.05) is 4.90 Å². The van der Waals surface area contributed by atoms with E-state index in [1.165, 1.54) is 6.20 Å². The van der Waals surface area contributed by atoms with Crippen LogP contribution in [0.5, 0.6) is 0 Å². The molecule has 3 aromatic heterocycles. The summed E-state index contributed by atoms with van der Waals surface area (Å²) in [6, 6.07) is 3.40. The van der Waals surface area contributed by atoms with E-state index < -0.39 is 34.5 Å². The number of nitrogens with two attached hydrogens (primary N) is 1. The molecule has 4 heterocycles. The van der Waals surface area contributed by atoms with Gasteiger partial charge in [0.05, 0.1) is 24.3 Å². The van der Waals surface area contributed by atoms with Crippen molar-refractivity contribution in [1.29, 1.82) is 0 Å². The molecule has 3 N–H and O–H groups in total. The zero-order chi connectivity index (χ0) is 23.8. The Morgan fingerprint density at radius 1 is 1.00 bits per heavy atom. The van der Waals surface area contributed by atoms with Crippen LogP contribution in [0.3, 0.4) is 0 Å². The molecule has 1 saturated heterocycles. The van der Waals surface area contributed by atoms with E-state index in [4.69, 9.17) is 10.5 Å². The van der Waals surface area contributed by atoms with Crippen LogP contribution in [0.1, 0.15) is 26.3 Å². The summed E-state index contributed by atoms with van der Waals surface area (Å²) < 4.78 is 34.5. The van der Waals surface area contributed by atoms with Gasteiger partial charge in [-0.05, 0) is 18.2 Å². The van der Waals surface area contributed by atoms with Crippen LogP contribution in [0.25, 0.3) is 22.2 Å². The highest BCUT2D eigenvalue weighted by atomic mass is 19.1. The molecule has 34 heavy (non-hydrogen) atoms. The number of nitrogens with zero attached hydrogens (tertiary/aromatic N) is 4. The summed E-state index contributed by atoms with van der Waals surface area (Å²) in [5.41, 5.74) is 5.32. The van der Waals surface area contributed by atoms with E-state index >= 15 is 0 Å². The van der Waals surface area contributed by atoms with Gasteiger partial charge in [0.25, 0.3) is 5.91 Å². The summed E-state index contributed by atoms with van der Waals surface area (Å²) in [5, 5.41) is 0.350. The minimum absolute atomic E-state index is 0.00498. The van der Waals surface area contributed by atoms with Gasteiger partial charge in [0.15, 0.2) is 0 Å². The number of rotatable bonds is 5. The number of aromatic nitrogens is 4. The Morgan fingerprint density at radius 3 is 2.41 bits per heavy atom. The van der Waals surface area contributed by atoms with Gasteiger partial charge in [-0.25, -0.2) is 23.7 Å². The fraction of sp³-hybridized carbons (Fsp3) is 0.174. The lowest BCUT2D eigenvalue weighted by Crippen LogP contribution is -2.37. The van der Waals surface area contributed by atoms with Crippen LogP contribution >= 0.6 is 0 Å². The van der Waals surface area contributed by atoms with Crippen molar-refractivity contribution < 1.29 is 23.1 Å². The second-order valence-electron chi connectivity index (χ2n) is 7.67. The number of pyridine rings is 1. The number of hydrogen-bond acceptors (Lipinski definition) is 7. The first kappa shape index (κ1) is 21.6. The van der Waals surface area contributed by atoms with Gasteiger partial charge in [0.2, 0.25) is 11.7 Å². The molecule has 0 spiro atoms. The number of halogens is 2. The number of nitrogens with one attached hydrogen (secondary N) is 1. The van der Waals surface area contributed by atoms with E-state index in [1.54, 1.807) is 24.7 Å². The molecular weight excluding hydrogens is 446 g/mol. The molecule has 1 amide bonds. The first-order chi connectivity index (χ1) is 16.4. The molecule has 0 unspecified atom stereocenters. The first-order valence-corrected chi connectivity index (χ1v) is 10.4. The Morgan fingerprint density at radius 2 is 1.71 bits per heavy atom. The van der Waals surface area contributed by atoms with Gasteiger partial charge in [0.1, 0.15) is 17.3 Å². The maximum absolute atomic E-state index is 14.7. The largest absolute Gasteiger partial charge is 0.378 e. The van der Waals surface area contributed by atoms with Crippen molar-refractivity contribution in [3.8, 4) is 11.1 Å². The molecule has 172 valence electrons. The van der Waals surface area contributed by atoms with Crippen LogP contribution in [-0.4, -0.2) is 57.9 Å². The third-order valence-electron chi connectivity index (χ3n) is 5.62. The van der Waals surface area contributed by atoms with Crippen molar-refractivity contribution >= 4 is 28.7 Å². The number of morpholine rings is 1. The minimum atomic E-state index is -1.30. The third kappa shape index (κ3) is 3.75. The van der Waals surface area contributed by atoms with Gasteiger partial charge in [-0.1, -0.05) is 0 Å². The normalized spacial score (nSPS) is 13.9. The topological polar surface area (TPSA) is 127 Å². The fourth-order valence-corrected chi connectivity index (χ4v) is 3.83. The average Bonchev–Trinajstić information content (AvgIpc) is 3.28. The fourth-order valence-electron chi connectivity index (χ4n) is 3.83. The highest BCUT2D eigenvalue weighted by Gasteiger charge is 2.26. The Hall–Kier alpha value is -4.25. The lowest BCUT2D eigenvalue weighted by molar-refractivity contribution is 0.0996. The Bertz CT molecular complexity index is 1410. The molecule has 1 fully saturated rings. The number of anilines is 1. The second-order valence-corrected chi connectivity index (χ2v) is 7.67. The van der Waals surface area contributed by atoms with E-state index in [2.05, 4.69) is 19.9 Å². The molecule has 0 radical (unpaired) electrons. The molecule has 0 aliphatic carbocycles. The molecule has 0 bridgehead atoms. The number of hydrogen-bond donors (Lipinski definition) is 2. The molecule has 4 aromatic rings. The predicted molar refractivity (Wildman–Crippen MR) is 118 cm³/mol. The molecule has 11 heteroatoms. The number of ether oxygens (including phenoxy) is 1. The predicted octanol–water partition coefficient (Wildman–Crippen LogP) is 2.46. The molecule has 1 aliphatic heterocycles. The average molecular weight is 464 g/mol. The van der Waals surface area contributed by atoms with Crippen LogP contribution < -0.4 is 10.6 Å². The summed E-state index contributed by atoms with van der Waals surface area (Å²) in [4.78, 5) is 42.5. The van der Waals surface area contributed by atoms with Crippen molar-refractivity contribution in [2.24, 2.45) is 5.73 Å². The number of H-pyrrole nitrogens is 1. The van der Waals surface area contributed by atoms with Gasteiger partial charge >= 0.3 is 0 Å². The van der Waals surface area contributed by atoms with E-state index in [9.17, 15) is 18.4 Å². The van der Waals surface area contributed by atoms with Crippen molar-refractivity contribution in [1.82, 2.24) is 19.9 Å². The minimum Gasteiger partial charge on any atom is -0.378 e. The monoisotopic (exact) mass is 464 g/mol. The van der Waals surface area contributed by atoms with Gasteiger partial charge in [-0.15, -0.1) is 0 Å². The molecule has 1 aliphatic rings. The number of aromatic amines is 1.